The quantitative estimate of drug-likeness (QED) is 0.301. The minimum absolute atomic E-state index is 0.0351. The Morgan fingerprint density at radius 2 is 1.55 bits per heavy atom. The number of aryl methyl sites for hydroxylation is 1. The van der Waals surface area contributed by atoms with Crippen molar-refractivity contribution in [3.63, 3.8) is 0 Å². The van der Waals surface area contributed by atoms with Gasteiger partial charge in [0, 0.05) is 0 Å². The number of carbonyl (C=O) groups is 1. The van der Waals surface area contributed by atoms with Crippen molar-refractivity contribution in [2.45, 2.75) is 78.1 Å². The van der Waals surface area contributed by atoms with E-state index in [1.165, 1.54) is 60.0 Å². The second-order valence-corrected chi connectivity index (χ2v) is 11.4. The molecule has 0 saturated heterocycles. The first-order valence-corrected chi connectivity index (χ1v) is 13.9. The van der Waals surface area contributed by atoms with E-state index in [0.29, 0.717) is 6.42 Å². The Morgan fingerprint density at radius 3 is 2.18 bits per heavy atom. The molecule has 0 fully saturated rings. The third-order valence-corrected chi connectivity index (χ3v) is 10.2. The van der Waals surface area contributed by atoms with Gasteiger partial charge in [-0.1, -0.05) is 6.92 Å². The van der Waals surface area contributed by atoms with Gasteiger partial charge < -0.3 is 0 Å². The molecule has 0 saturated carbocycles. The summed E-state index contributed by atoms with van der Waals surface area (Å²) in [5.74, 6) is 0.0351. The van der Waals surface area contributed by atoms with Gasteiger partial charge in [-0.2, -0.15) is 0 Å². The van der Waals surface area contributed by atoms with Crippen molar-refractivity contribution in [3.8, 4) is 0 Å². The first kappa shape index (κ1) is 19.7. The van der Waals surface area contributed by atoms with Gasteiger partial charge in [0.2, 0.25) is 0 Å². The van der Waals surface area contributed by atoms with Crippen LogP contribution in [0.1, 0.15) is 76.7 Å². The fourth-order valence-electron chi connectivity index (χ4n) is 2.58. The molecule has 2 nitrogen and oxygen atoms in total. The van der Waals surface area contributed by atoms with Crippen molar-refractivity contribution in [2.24, 2.45) is 0 Å². The van der Waals surface area contributed by atoms with Crippen molar-refractivity contribution >= 4 is 9.04 Å². The Hall–Kier alpha value is -0.375. The monoisotopic (exact) mass is 492 g/mol. The Labute approximate surface area is 149 Å². The molecule has 0 aliphatic carbocycles. The van der Waals surface area contributed by atoms with Gasteiger partial charge in [-0.05, 0) is 0 Å². The summed E-state index contributed by atoms with van der Waals surface area (Å²) < 4.78 is 6.89. The maximum atomic E-state index is 11.8. The van der Waals surface area contributed by atoms with E-state index >= 15 is 0 Å². The van der Waals surface area contributed by atoms with Gasteiger partial charge in [0.15, 0.2) is 0 Å². The molecule has 0 unspecified atom stereocenters. The Balaban J connectivity index is 1.97. The first-order valence-electron chi connectivity index (χ1n) is 8.94. The van der Waals surface area contributed by atoms with Gasteiger partial charge in [-0.3, -0.25) is 0 Å². The van der Waals surface area contributed by atoms with Crippen LogP contribution in [0.5, 0.6) is 0 Å². The third-order valence-electron chi connectivity index (χ3n) is 4.13. The molecule has 0 aromatic heterocycles. The van der Waals surface area contributed by atoms with E-state index in [9.17, 15) is 4.79 Å². The Morgan fingerprint density at radius 1 is 0.955 bits per heavy atom. The average Bonchev–Trinajstić information content (AvgIpc) is 2.52. The zero-order valence-corrected chi connectivity index (χ0v) is 19.9. The number of hydrogen-bond acceptors (Lipinski definition) is 2. The molecule has 0 radical (unpaired) electrons. The molecule has 0 amide bonds. The van der Waals surface area contributed by atoms with Gasteiger partial charge in [0.05, 0.1) is 0 Å². The molecule has 3 heteroatoms. The molecule has 1 aromatic carbocycles. The topological polar surface area (TPSA) is 26.3 Å². The molecule has 0 aliphatic rings. The van der Waals surface area contributed by atoms with Crippen LogP contribution in [-0.2, 0) is 32.5 Å². The van der Waals surface area contributed by atoms with Crippen LogP contribution in [0.3, 0.4) is 0 Å². The molecule has 22 heavy (non-hydrogen) atoms. The number of hydrogen-bond donors (Lipinski definition) is 0. The predicted molar refractivity (Wildman–Crippen MR) is 88.7 cm³/mol. The zero-order chi connectivity index (χ0) is 16.0. The van der Waals surface area contributed by atoms with Crippen LogP contribution in [0.4, 0.5) is 0 Å². The van der Waals surface area contributed by atoms with Crippen molar-refractivity contribution < 1.29 is 32.5 Å². The van der Waals surface area contributed by atoms with Gasteiger partial charge in [0.1, 0.15) is 0 Å². The number of unbranched alkanes of at least 4 members (excludes halogenated alkanes) is 8. The van der Waals surface area contributed by atoms with Crippen LogP contribution < -0.4 is 3.07 Å². The van der Waals surface area contributed by atoms with Crippen LogP contribution >= 0.6 is 0 Å². The van der Waals surface area contributed by atoms with Crippen molar-refractivity contribution in [1.82, 2.24) is 0 Å². The van der Waals surface area contributed by atoms with Gasteiger partial charge in [0.25, 0.3) is 0 Å². The number of carbonyl (C=O) groups excluding carboxylic acids is 1. The summed E-state index contributed by atoms with van der Waals surface area (Å²) >= 11 is -1.67. The van der Waals surface area contributed by atoms with Crippen LogP contribution in [0.25, 0.3) is 0 Å². The van der Waals surface area contributed by atoms with Crippen LogP contribution in [0, 0.1) is 6.92 Å². The van der Waals surface area contributed by atoms with E-state index in [0.717, 1.165) is 6.42 Å². The van der Waals surface area contributed by atoms with E-state index in [2.05, 4.69) is 26.0 Å². The fourth-order valence-corrected chi connectivity index (χ4v) is 6.62. The standard InChI is InChI=1S/C12H24O2.C7H7.Hg/c1-2-3-4-5-6-7-8-9-10-11-12(13)14;1-7-5-3-2-4-6-7;/h2-11H2,1H3,(H,13,14);2-5H,1H3;/q;;+1/p-1. The summed E-state index contributed by atoms with van der Waals surface area (Å²) in [4.78, 5) is 11.8. The van der Waals surface area contributed by atoms with Crippen LogP contribution in [0.2, 0.25) is 0 Å². The van der Waals surface area contributed by atoms with Crippen LogP contribution in [-0.4, -0.2) is 5.97 Å². The molecule has 0 N–H and O–H groups in total. The second-order valence-electron chi connectivity index (χ2n) is 6.17. The van der Waals surface area contributed by atoms with E-state index in [4.69, 9.17) is 2.64 Å². The summed E-state index contributed by atoms with van der Waals surface area (Å²) in [7, 11) is 0. The number of benzene rings is 1. The minimum atomic E-state index is -1.67. The number of rotatable bonds is 12. The van der Waals surface area contributed by atoms with Gasteiger partial charge in [-0.15, -0.1) is 0 Å². The van der Waals surface area contributed by atoms with Crippen molar-refractivity contribution in [2.75, 3.05) is 0 Å². The van der Waals surface area contributed by atoms with E-state index in [1.807, 2.05) is 12.1 Å². The normalized spacial score (nSPS) is 10.3. The zero-order valence-electron chi connectivity index (χ0n) is 14.4. The predicted octanol–water partition coefficient (Wildman–Crippen LogP) is 5.08. The van der Waals surface area contributed by atoms with Crippen LogP contribution in [0.15, 0.2) is 24.3 Å². The van der Waals surface area contributed by atoms with Gasteiger partial charge >= 0.3 is 142 Å². The summed E-state index contributed by atoms with van der Waals surface area (Å²) in [5.41, 5.74) is 1.28. The molecular weight excluding hydrogens is 461 g/mol. The molecule has 0 spiro atoms. The summed E-state index contributed by atoms with van der Waals surface area (Å²) in [6, 6.07) is 8.29. The SMILES string of the molecule is CCCCCCCCCCCC(=O)[O][Hg][c]1ccccc1C. The molecule has 0 heterocycles. The summed E-state index contributed by atoms with van der Waals surface area (Å²) in [5, 5.41) is 0. The molecule has 0 atom stereocenters. The molecule has 0 bridgehead atoms. The Kier molecular flexibility index (Phi) is 11.7. The molecule has 0 aliphatic heterocycles. The first-order chi connectivity index (χ1) is 10.7. The van der Waals surface area contributed by atoms with Crippen molar-refractivity contribution in [3.05, 3.63) is 29.8 Å². The molecule has 1 rings (SSSR count). The third kappa shape index (κ3) is 9.60. The average molecular weight is 491 g/mol. The fraction of sp³-hybridized carbons (Fsp3) is 0.632. The molecule has 1 aromatic rings. The van der Waals surface area contributed by atoms with Crippen molar-refractivity contribution in [1.29, 1.82) is 0 Å². The maximum absolute atomic E-state index is 11.8. The second kappa shape index (κ2) is 13.1. The van der Waals surface area contributed by atoms with E-state index in [-0.39, 0.29) is 5.97 Å². The van der Waals surface area contributed by atoms with E-state index in [1.54, 1.807) is 0 Å². The van der Waals surface area contributed by atoms with Gasteiger partial charge in [-0.25, -0.2) is 0 Å². The molecular formula is C19H30HgO2. The summed E-state index contributed by atoms with van der Waals surface area (Å²) in [6.07, 6.45) is 12.2. The molecule has 120 valence electrons. The van der Waals surface area contributed by atoms with E-state index < -0.39 is 25.0 Å². The summed E-state index contributed by atoms with van der Waals surface area (Å²) in [6.45, 7) is 4.35. The Bertz CT molecular complexity index is 418.